The maximum Gasteiger partial charge on any atom is 0.343 e. The third-order valence-electron chi connectivity index (χ3n) is 3.84. The largest absolute Gasteiger partial charge is 0.482 e. The van der Waals surface area contributed by atoms with Gasteiger partial charge in [0, 0.05) is 11.3 Å². The van der Waals surface area contributed by atoms with E-state index >= 15 is 0 Å². The average Bonchev–Trinajstić information content (AvgIpc) is 2.67. The summed E-state index contributed by atoms with van der Waals surface area (Å²) in [6.45, 7) is 3.39. The second kappa shape index (κ2) is 9.38. The summed E-state index contributed by atoms with van der Waals surface area (Å²) in [5, 5.41) is 5.37. The summed E-state index contributed by atoms with van der Waals surface area (Å²) in [4.78, 5) is 35.5. The summed E-state index contributed by atoms with van der Waals surface area (Å²) in [7, 11) is 1.26. The van der Waals surface area contributed by atoms with E-state index in [1.54, 1.807) is 18.2 Å². The molecule has 0 unspecified atom stereocenters. The van der Waals surface area contributed by atoms with Gasteiger partial charge >= 0.3 is 5.97 Å². The van der Waals surface area contributed by atoms with Crippen molar-refractivity contribution >= 4 is 23.5 Å². The minimum absolute atomic E-state index is 0.167. The highest BCUT2D eigenvalue weighted by Gasteiger charge is 2.11. The number of carbonyl (C=O) groups is 3. The fourth-order valence-electron chi connectivity index (χ4n) is 2.39. The number of methoxy groups -OCH3 is 1. The SMILES string of the molecule is COC(=O)COc1cccc(C(=O)NCC(=O)Nc2c(C)cccc2C)c1. The molecule has 0 saturated heterocycles. The first-order valence-corrected chi connectivity index (χ1v) is 8.34. The molecule has 142 valence electrons. The zero-order valence-electron chi connectivity index (χ0n) is 15.5. The number of esters is 1. The van der Waals surface area contributed by atoms with Crippen LogP contribution in [0.2, 0.25) is 0 Å². The number of amides is 2. The molecule has 0 fully saturated rings. The van der Waals surface area contributed by atoms with Gasteiger partial charge < -0.3 is 20.1 Å². The van der Waals surface area contributed by atoms with Crippen LogP contribution < -0.4 is 15.4 Å². The molecule has 2 amide bonds. The molecule has 0 aliphatic rings. The number of anilines is 1. The predicted molar refractivity (Wildman–Crippen MR) is 101 cm³/mol. The first-order valence-electron chi connectivity index (χ1n) is 8.34. The van der Waals surface area contributed by atoms with Crippen LogP contribution in [0.4, 0.5) is 5.69 Å². The van der Waals surface area contributed by atoms with Crippen molar-refractivity contribution in [1.82, 2.24) is 5.32 Å². The highest BCUT2D eigenvalue weighted by atomic mass is 16.6. The number of rotatable bonds is 7. The molecule has 2 aromatic rings. The summed E-state index contributed by atoms with van der Waals surface area (Å²) in [6, 6.07) is 12.0. The lowest BCUT2D eigenvalue weighted by atomic mass is 10.1. The molecular formula is C20H22N2O5. The van der Waals surface area contributed by atoms with E-state index in [1.165, 1.54) is 13.2 Å². The van der Waals surface area contributed by atoms with Gasteiger partial charge in [0.05, 0.1) is 13.7 Å². The van der Waals surface area contributed by atoms with Gasteiger partial charge in [0.15, 0.2) is 6.61 Å². The Bertz CT molecular complexity index is 828. The Morgan fingerprint density at radius 3 is 2.33 bits per heavy atom. The Kier molecular flexibility index (Phi) is 6.93. The van der Waals surface area contributed by atoms with E-state index in [0.29, 0.717) is 11.3 Å². The molecule has 2 N–H and O–H groups in total. The number of benzene rings is 2. The molecule has 0 bridgehead atoms. The second-order valence-corrected chi connectivity index (χ2v) is 5.89. The van der Waals surface area contributed by atoms with E-state index in [0.717, 1.165) is 16.8 Å². The molecule has 27 heavy (non-hydrogen) atoms. The van der Waals surface area contributed by atoms with Crippen LogP contribution in [0.15, 0.2) is 42.5 Å². The van der Waals surface area contributed by atoms with Crippen molar-refractivity contribution in [2.75, 3.05) is 25.6 Å². The van der Waals surface area contributed by atoms with Gasteiger partial charge in [-0.3, -0.25) is 9.59 Å². The quantitative estimate of drug-likeness (QED) is 0.729. The predicted octanol–water partition coefficient (Wildman–Crippen LogP) is 2.22. The highest BCUT2D eigenvalue weighted by Crippen LogP contribution is 2.19. The Labute approximate surface area is 157 Å². The van der Waals surface area contributed by atoms with Crippen molar-refractivity contribution in [3.8, 4) is 5.75 Å². The van der Waals surface area contributed by atoms with Gasteiger partial charge in [-0.05, 0) is 43.2 Å². The van der Waals surface area contributed by atoms with Gasteiger partial charge in [0.1, 0.15) is 5.75 Å². The first-order chi connectivity index (χ1) is 12.9. The van der Waals surface area contributed by atoms with Crippen LogP contribution in [0.25, 0.3) is 0 Å². The summed E-state index contributed by atoms with van der Waals surface area (Å²) in [6.07, 6.45) is 0. The van der Waals surface area contributed by atoms with E-state index in [2.05, 4.69) is 15.4 Å². The average molecular weight is 370 g/mol. The Hall–Kier alpha value is -3.35. The highest BCUT2D eigenvalue weighted by molar-refractivity contribution is 6.00. The van der Waals surface area contributed by atoms with Crippen LogP contribution in [0, 0.1) is 13.8 Å². The maximum atomic E-state index is 12.2. The molecule has 0 radical (unpaired) electrons. The van der Waals surface area contributed by atoms with E-state index in [4.69, 9.17) is 4.74 Å². The maximum absolute atomic E-state index is 12.2. The Morgan fingerprint density at radius 1 is 1.00 bits per heavy atom. The Morgan fingerprint density at radius 2 is 1.67 bits per heavy atom. The second-order valence-electron chi connectivity index (χ2n) is 5.89. The molecule has 0 aliphatic carbocycles. The van der Waals surface area contributed by atoms with Gasteiger partial charge in [-0.25, -0.2) is 4.79 Å². The van der Waals surface area contributed by atoms with Crippen molar-refractivity contribution in [2.24, 2.45) is 0 Å². The van der Waals surface area contributed by atoms with Crippen LogP contribution in [0.1, 0.15) is 21.5 Å². The number of aryl methyl sites for hydroxylation is 2. The minimum atomic E-state index is -0.520. The smallest absolute Gasteiger partial charge is 0.343 e. The van der Waals surface area contributed by atoms with Gasteiger partial charge in [-0.2, -0.15) is 0 Å². The number of ether oxygens (including phenoxy) is 2. The van der Waals surface area contributed by atoms with Crippen molar-refractivity contribution in [3.63, 3.8) is 0 Å². The van der Waals surface area contributed by atoms with Gasteiger partial charge in [-0.1, -0.05) is 24.3 Å². The molecule has 0 saturated carbocycles. The lowest BCUT2D eigenvalue weighted by molar-refractivity contribution is -0.142. The molecule has 0 heterocycles. The summed E-state index contributed by atoms with van der Waals surface area (Å²) in [5.74, 6) is -0.907. The molecule has 7 heteroatoms. The van der Waals surface area contributed by atoms with Gasteiger partial charge in [0.25, 0.3) is 5.91 Å². The van der Waals surface area contributed by atoms with Crippen molar-refractivity contribution in [2.45, 2.75) is 13.8 Å². The molecule has 0 spiro atoms. The molecule has 0 atom stereocenters. The summed E-state index contributed by atoms with van der Waals surface area (Å²) in [5.41, 5.74) is 2.96. The monoisotopic (exact) mass is 370 g/mol. The van der Waals surface area contributed by atoms with E-state index < -0.39 is 11.9 Å². The molecule has 0 aliphatic heterocycles. The standard InChI is InChI=1S/C20H22N2O5/c1-13-6-4-7-14(2)19(13)22-17(23)11-21-20(25)15-8-5-9-16(10-15)27-12-18(24)26-3/h4-10H,11-12H2,1-3H3,(H,21,25)(H,22,23). The molecule has 2 rings (SSSR count). The number of para-hydroxylation sites is 1. The fourth-order valence-corrected chi connectivity index (χ4v) is 2.39. The molecular weight excluding hydrogens is 348 g/mol. The van der Waals surface area contributed by atoms with Crippen molar-refractivity contribution in [1.29, 1.82) is 0 Å². The minimum Gasteiger partial charge on any atom is -0.482 e. The van der Waals surface area contributed by atoms with E-state index in [1.807, 2.05) is 32.0 Å². The third kappa shape index (κ3) is 5.85. The van der Waals surface area contributed by atoms with Crippen molar-refractivity contribution in [3.05, 3.63) is 59.2 Å². The van der Waals surface area contributed by atoms with E-state index in [-0.39, 0.29) is 19.1 Å². The van der Waals surface area contributed by atoms with Crippen molar-refractivity contribution < 1.29 is 23.9 Å². The topological polar surface area (TPSA) is 93.7 Å². The Balaban J connectivity index is 1.91. The molecule has 7 nitrogen and oxygen atoms in total. The first kappa shape index (κ1) is 20.0. The number of hydrogen-bond donors (Lipinski definition) is 2. The fraction of sp³-hybridized carbons (Fsp3) is 0.250. The van der Waals surface area contributed by atoms with Crippen LogP contribution in [-0.2, 0) is 14.3 Å². The van der Waals surface area contributed by atoms with Crippen LogP contribution in [0.5, 0.6) is 5.75 Å². The zero-order chi connectivity index (χ0) is 19.8. The lowest BCUT2D eigenvalue weighted by Gasteiger charge is -2.12. The van der Waals surface area contributed by atoms with Crippen LogP contribution in [-0.4, -0.2) is 38.0 Å². The number of hydrogen-bond acceptors (Lipinski definition) is 5. The van der Waals surface area contributed by atoms with Gasteiger partial charge in [0.2, 0.25) is 5.91 Å². The van der Waals surface area contributed by atoms with Crippen LogP contribution >= 0.6 is 0 Å². The summed E-state index contributed by atoms with van der Waals surface area (Å²) >= 11 is 0. The summed E-state index contributed by atoms with van der Waals surface area (Å²) < 4.78 is 9.74. The lowest BCUT2D eigenvalue weighted by Crippen LogP contribution is -2.33. The molecule has 2 aromatic carbocycles. The number of nitrogens with one attached hydrogen (secondary N) is 2. The third-order valence-corrected chi connectivity index (χ3v) is 3.84. The van der Waals surface area contributed by atoms with Crippen LogP contribution in [0.3, 0.4) is 0 Å². The van der Waals surface area contributed by atoms with E-state index in [9.17, 15) is 14.4 Å². The number of carbonyl (C=O) groups excluding carboxylic acids is 3. The van der Waals surface area contributed by atoms with Gasteiger partial charge in [-0.15, -0.1) is 0 Å². The normalized spacial score (nSPS) is 10.0. The molecule has 0 aromatic heterocycles. The zero-order valence-corrected chi connectivity index (χ0v) is 15.5.